The number of methoxy groups -OCH3 is 2. The van der Waals surface area contributed by atoms with Crippen LogP contribution in [0.4, 0.5) is 0 Å². The molecule has 3 aromatic carbocycles. The molecular formula is C22H21NO5. The van der Waals surface area contributed by atoms with Crippen LogP contribution in [0.2, 0.25) is 0 Å². The highest BCUT2D eigenvalue weighted by molar-refractivity contribution is 6.15. The van der Waals surface area contributed by atoms with E-state index in [1.54, 1.807) is 14.2 Å². The van der Waals surface area contributed by atoms with E-state index >= 15 is 0 Å². The SMILES string of the molecule is COc1ccc2c(c[n+](C)c3c4cc5c(cc4ccc23)OCO5)c1OC.C[O-]. The molecule has 4 aromatic rings. The summed E-state index contributed by atoms with van der Waals surface area (Å²) in [4.78, 5) is 0. The zero-order valence-electron chi connectivity index (χ0n) is 16.2. The van der Waals surface area contributed by atoms with Crippen LogP contribution in [-0.2, 0) is 7.05 Å². The van der Waals surface area contributed by atoms with E-state index in [-0.39, 0.29) is 6.79 Å². The second-order valence-electron chi connectivity index (χ2n) is 6.39. The van der Waals surface area contributed by atoms with Crippen LogP contribution in [0, 0.1) is 0 Å². The van der Waals surface area contributed by atoms with E-state index in [9.17, 15) is 0 Å². The van der Waals surface area contributed by atoms with E-state index in [2.05, 4.69) is 35.0 Å². The first-order valence-electron chi connectivity index (χ1n) is 8.81. The third-order valence-corrected chi connectivity index (χ3v) is 5.03. The van der Waals surface area contributed by atoms with Crippen LogP contribution in [0.1, 0.15) is 0 Å². The molecular weight excluding hydrogens is 358 g/mol. The lowest BCUT2D eigenvalue weighted by Crippen LogP contribution is -2.28. The van der Waals surface area contributed by atoms with Crippen molar-refractivity contribution >= 4 is 32.4 Å². The number of fused-ring (bicyclic) bond motifs is 6. The molecule has 1 aliphatic heterocycles. The highest BCUT2D eigenvalue weighted by Crippen LogP contribution is 2.41. The number of benzene rings is 3. The van der Waals surface area contributed by atoms with Gasteiger partial charge < -0.3 is 24.1 Å². The van der Waals surface area contributed by atoms with Gasteiger partial charge in [-0.2, -0.15) is 11.7 Å². The van der Waals surface area contributed by atoms with Gasteiger partial charge in [-0.15, -0.1) is 0 Å². The first-order valence-corrected chi connectivity index (χ1v) is 8.81. The zero-order chi connectivity index (χ0) is 19.8. The van der Waals surface area contributed by atoms with Crippen molar-refractivity contribution in [3.05, 3.63) is 42.6 Å². The fraction of sp³-hybridized carbons (Fsp3) is 0.227. The van der Waals surface area contributed by atoms with Crippen LogP contribution in [0.3, 0.4) is 0 Å². The summed E-state index contributed by atoms with van der Waals surface area (Å²) >= 11 is 0. The van der Waals surface area contributed by atoms with Crippen molar-refractivity contribution in [2.45, 2.75) is 0 Å². The molecule has 6 nitrogen and oxygen atoms in total. The Balaban J connectivity index is 0.000000932. The average molecular weight is 379 g/mol. The van der Waals surface area contributed by atoms with Crippen LogP contribution in [0.5, 0.6) is 23.0 Å². The summed E-state index contributed by atoms with van der Waals surface area (Å²) in [5.74, 6) is 3.06. The van der Waals surface area contributed by atoms with Gasteiger partial charge in [0.05, 0.1) is 30.4 Å². The Hall–Kier alpha value is -3.25. The standard InChI is InChI=1S/C21H18NO4.CH3O/c1-22-10-16-13(6-7-17(23-2)21(16)24-3)14-5-4-12-8-18-19(26-11-25-18)9-15(12)20(14)22;1-2/h4-10H,11H2,1-3H3;1H3/q+1;-1. The Bertz CT molecular complexity index is 1200. The van der Waals surface area contributed by atoms with Crippen LogP contribution in [0.15, 0.2) is 42.6 Å². The topological polar surface area (TPSA) is 63.9 Å². The molecule has 144 valence electrons. The van der Waals surface area contributed by atoms with Crippen molar-refractivity contribution in [3.8, 4) is 23.0 Å². The van der Waals surface area contributed by atoms with Gasteiger partial charge in [0.1, 0.15) is 7.05 Å². The van der Waals surface area contributed by atoms with Gasteiger partial charge in [0.15, 0.2) is 29.2 Å². The lowest BCUT2D eigenvalue weighted by molar-refractivity contribution is -0.642. The van der Waals surface area contributed by atoms with Crippen molar-refractivity contribution in [3.63, 3.8) is 0 Å². The molecule has 0 spiro atoms. The number of pyridine rings is 1. The van der Waals surface area contributed by atoms with E-state index in [0.29, 0.717) is 0 Å². The molecule has 5 rings (SSSR count). The summed E-state index contributed by atoms with van der Waals surface area (Å²) in [6.45, 7) is 0.273. The van der Waals surface area contributed by atoms with E-state index in [0.717, 1.165) is 62.6 Å². The molecule has 0 amide bonds. The molecule has 0 saturated carbocycles. The van der Waals surface area contributed by atoms with Gasteiger partial charge in [0.2, 0.25) is 12.3 Å². The largest absolute Gasteiger partial charge is 0.857 e. The summed E-state index contributed by atoms with van der Waals surface area (Å²) in [5.41, 5.74) is 1.14. The fourth-order valence-electron chi connectivity index (χ4n) is 3.87. The Kier molecular flexibility index (Phi) is 4.57. The van der Waals surface area contributed by atoms with Crippen molar-refractivity contribution in [1.82, 2.24) is 0 Å². The van der Waals surface area contributed by atoms with Gasteiger partial charge in [-0.3, -0.25) is 0 Å². The van der Waals surface area contributed by atoms with Crippen LogP contribution in [0.25, 0.3) is 32.4 Å². The minimum Gasteiger partial charge on any atom is -0.857 e. The Morgan fingerprint density at radius 1 is 0.857 bits per heavy atom. The van der Waals surface area contributed by atoms with Gasteiger partial charge in [-0.1, -0.05) is 6.07 Å². The maximum Gasteiger partial charge on any atom is 0.231 e. The second kappa shape index (κ2) is 7.05. The molecule has 0 bridgehead atoms. The number of hydrogen-bond acceptors (Lipinski definition) is 5. The number of rotatable bonds is 2. The zero-order valence-corrected chi connectivity index (χ0v) is 16.2. The second-order valence-corrected chi connectivity index (χ2v) is 6.39. The van der Waals surface area contributed by atoms with Crippen molar-refractivity contribution in [1.29, 1.82) is 0 Å². The maximum absolute atomic E-state index is 8.25. The van der Waals surface area contributed by atoms with Gasteiger partial charge in [0.25, 0.3) is 0 Å². The molecule has 1 aromatic heterocycles. The molecule has 1 aliphatic rings. The summed E-state index contributed by atoms with van der Waals surface area (Å²) in [7, 11) is 6.12. The normalized spacial score (nSPS) is 12.2. The lowest BCUT2D eigenvalue weighted by atomic mass is 10.00. The van der Waals surface area contributed by atoms with Crippen LogP contribution >= 0.6 is 0 Å². The van der Waals surface area contributed by atoms with Gasteiger partial charge in [-0.25, -0.2) is 0 Å². The first kappa shape index (κ1) is 18.1. The molecule has 6 heteroatoms. The van der Waals surface area contributed by atoms with Crippen molar-refractivity contribution in [2.24, 2.45) is 7.05 Å². The van der Waals surface area contributed by atoms with E-state index < -0.39 is 0 Å². The van der Waals surface area contributed by atoms with Crippen molar-refractivity contribution in [2.75, 3.05) is 28.1 Å². The third kappa shape index (κ3) is 2.57. The molecule has 0 saturated heterocycles. The minimum atomic E-state index is 0.273. The monoisotopic (exact) mass is 379 g/mol. The van der Waals surface area contributed by atoms with Crippen LogP contribution < -0.4 is 28.6 Å². The van der Waals surface area contributed by atoms with Gasteiger partial charge >= 0.3 is 0 Å². The Labute approximate surface area is 162 Å². The molecule has 0 unspecified atom stereocenters. The maximum atomic E-state index is 8.25. The predicted molar refractivity (Wildman–Crippen MR) is 105 cm³/mol. The average Bonchev–Trinajstić information content (AvgIpc) is 3.19. The smallest absolute Gasteiger partial charge is 0.231 e. The minimum absolute atomic E-state index is 0.273. The molecule has 2 heterocycles. The van der Waals surface area contributed by atoms with E-state index in [4.69, 9.17) is 24.1 Å². The summed E-state index contributed by atoms with van der Waals surface area (Å²) in [6.07, 6.45) is 2.09. The molecule has 0 fully saturated rings. The number of hydrogen-bond donors (Lipinski definition) is 0. The highest BCUT2D eigenvalue weighted by atomic mass is 16.7. The van der Waals surface area contributed by atoms with Crippen LogP contribution in [-0.4, -0.2) is 28.1 Å². The van der Waals surface area contributed by atoms with E-state index in [1.807, 2.05) is 19.2 Å². The summed E-state index contributed by atoms with van der Waals surface area (Å²) < 4.78 is 24.3. The molecule has 0 atom stereocenters. The predicted octanol–water partition coefficient (Wildman–Crippen LogP) is 2.69. The van der Waals surface area contributed by atoms with Gasteiger partial charge in [-0.05, 0) is 35.7 Å². The fourth-order valence-corrected chi connectivity index (χ4v) is 3.87. The molecule has 0 aliphatic carbocycles. The molecule has 0 N–H and O–H groups in total. The number of aromatic nitrogens is 1. The van der Waals surface area contributed by atoms with E-state index in [1.165, 1.54) is 0 Å². The number of aryl methyl sites for hydroxylation is 1. The number of ether oxygens (including phenoxy) is 4. The summed E-state index contributed by atoms with van der Waals surface area (Å²) in [5, 5.41) is 13.8. The van der Waals surface area contributed by atoms with Crippen molar-refractivity contribution < 1.29 is 28.6 Å². The molecule has 28 heavy (non-hydrogen) atoms. The lowest BCUT2D eigenvalue weighted by Gasteiger charge is -2.12. The highest BCUT2D eigenvalue weighted by Gasteiger charge is 2.21. The Morgan fingerprint density at radius 3 is 2.29 bits per heavy atom. The quantitative estimate of drug-likeness (QED) is 0.396. The number of nitrogens with zero attached hydrogens (tertiary/aromatic N) is 1. The third-order valence-electron chi connectivity index (χ3n) is 5.03. The Morgan fingerprint density at radius 2 is 1.57 bits per heavy atom. The van der Waals surface area contributed by atoms with Gasteiger partial charge in [0, 0.05) is 5.39 Å². The summed E-state index contributed by atoms with van der Waals surface area (Å²) in [6, 6.07) is 12.4. The molecule has 0 radical (unpaired) electrons. The first-order chi connectivity index (χ1) is 13.7.